The van der Waals surface area contributed by atoms with E-state index in [9.17, 15) is 9.59 Å². The Balaban J connectivity index is 1.81. The molecule has 1 N–H and O–H groups in total. The number of likely N-dealkylation sites (tertiary alicyclic amines) is 1. The maximum atomic E-state index is 12.8. The Morgan fingerprint density at radius 2 is 1.96 bits per heavy atom. The minimum Gasteiger partial charge on any atom is -0.339 e. The Hall–Kier alpha value is -2.28. The van der Waals surface area contributed by atoms with Gasteiger partial charge < -0.3 is 10.2 Å². The van der Waals surface area contributed by atoms with Crippen LogP contribution in [0.1, 0.15) is 51.9 Å². The van der Waals surface area contributed by atoms with Crippen LogP contribution in [0.5, 0.6) is 0 Å². The number of nitrogens with zero attached hydrogens (tertiary/aromatic N) is 3. The van der Waals surface area contributed by atoms with Gasteiger partial charge in [-0.25, -0.2) is 0 Å². The molecule has 126 valence electrons. The van der Waals surface area contributed by atoms with Crippen molar-refractivity contribution in [1.82, 2.24) is 14.5 Å². The first-order valence-corrected chi connectivity index (χ1v) is 8.99. The molecule has 0 unspecified atom stereocenters. The fourth-order valence-corrected chi connectivity index (χ4v) is 3.48. The van der Waals surface area contributed by atoms with Gasteiger partial charge in [-0.05, 0) is 49.3 Å². The first kappa shape index (κ1) is 16.6. The number of anilines is 1. The Kier molecular flexibility index (Phi) is 5.20. The smallest absolute Gasteiger partial charge is 0.269 e. The number of hydrogen-bond acceptors (Lipinski definition) is 5. The summed E-state index contributed by atoms with van der Waals surface area (Å²) in [6, 6.07) is 7.15. The number of aromatic nitrogens is 2. The van der Waals surface area contributed by atoms with Gasteiger partial charge in [0.15, 0.2) is 0 Å². The number of benzene rings is 1. The zero-order chi connectivity index (χ0) is 16.9. The topological polar surface area (TPSA) is 75.2 Å². The molecule has 1 aliphatic heterocycles. The molecule has 0 atom stereocenters. The molecule has 2 aromatic rings. The molecule has 3 rings (SSSR count). The second-order valence-corrected chi connectivity index (χ2v) is 6.51. The van der Waals surface area contributed by atoms with Gasteiger partial charge in [0, 0.05) is 13.1 Å². The minimum absolute atomic E-state index is 0.0243. The number of rotatable bonds is 4. The van der Waals surface area contributed by atoms with Crippen LogP contribution in [0.25, 0.3) is 0 Å². The summed E-state index contributed by atoms with van der Waals surface area (Å²) in [4.78, 5) is 27.6. The first-order valence-electron chi connectivity index (χ1n) is 8.21. The highest BCUT2D eigenvalue weighted by Crippen LogP contribution is 2.22. The third-order valence-electron chi connectivity index (χ3n) is 4.15. The fraction of sp³-hybridized carbons (Fsp3) is 0.412. The summed E-state index contributed by atoms with van der Waals surface area (Å²) in [5.74, 6) is -0.288. The van der Waals surface area contributed by atoms with Crippen molar-refractivity contribution in [2.45, 2.75) is 32.6 Å². The minimum atomic E-state index is -0.263. The molecule has 0 aliphatic carbocycles. The predicted molar refractivity (Wildman–Crippen MR) is 93.4 cm³/mol. The lowest BCUT2D eigenvalue weighted by atomic mass is 10.1. The molecular formula is C17H20N4O2S. The molecule has 0 saturated carbocycles. The summed E-state index contributed by atoms with van der Waals surface area (Å²) in [5, 5.41) is 6.81. The first-order chi connectivity index (χ1) is 11.7. The maximum absolute atomic E-state index is 12.8. The quantitative estimate of drug-likeness (QED) is 0.925. The van der Waals surface area contributed by atoms with E-state index in [0.29, 0.717) is 28.2 Å². The summed E-state index contributed by atoms with van der Waals surface area (Å²) in [6.45, 7) is 3.49. The van der Waals surface area contributed by atoms with Crippen LogP contribution in [0.2, 0.25) is 0 Å². The van der Waals surface area contributed by atoms with Crippen LogP contribution in [-0.2, 0) is 6.42 Å². The number of para-hydroxylation sites is 1. The lowest BCUT2D eigenvalue weighted by molar-refractivity contribution is 0.0725. The van der Waals surface area contributed by atoms with Gasteiger partial charge in [0.25, 0.3) is 11.8 Å². The number of aryl methyl sites for hydroxylation is 1. The highest BCUT2D eigenvalue weighted by Gasteiger charge is 2.22. The Labute approximate surface area is 145 Å². The fourth-order valence-electron chi connectivity index (χ4n) is 2.84. The van der Waals surface area contributed by atoms with Crippen molar-refractivity contribution in [1.29, 1.82) is 0 Å². The lowest BCUT2D eigenvalue weighted by Gasteiger charge is -2.27. The number of piperidine rings is 1. The van der Waals surface area contributed by atoms with Gasteiger partial charge in [0.1, 0.15) is 4.88 Å². The zero-order valence-corrected chi connectivity index (χ0v) is 14.4. The normalized spacial score (nSPS) is 14.5. The molecule has 0 radical (unpaired) electrons. The van der Waals surface area contributed by atoms with Crippen molar-refractivity contribution >= 4 is 29.0 Å². The summed E-state index contributed by atoms with van der Waals surface area (Å²) < 4.78 is 3.84. The van der Waals surface area contributed by atoms with E-state index in [2.05, 4.69) is 14.9 Å². The van der Waals surface area contributed by atoms with E-state index in [1.807, 2.05) is 24.0 Å². The second-order valence-electron chi connectivity index (χ2n) is 5.75. The van der Waals surface area contributed by atoms with Crippen LogP contribution >= 0.6 is 11.5 Å². The number of nitrogens with one attached hydrogen (secondary N) is 1. The van der Waals surface area contributed by atoms with Gasteiger partial charge in [-0.2, -0.15) is 0 Å². The SMILES string of the molecule is CCc1nnsc1C(=O)Nc1ccccc1C(=O)N1CCCCC1. The van der Waals surface area contributed by atoms with E-state index in [1.165, 1.54) is 6.42 Å². The van der Waals surface area contributed by atoms with Crippen molar-refractivity contribution in [3.05, 3.63) is 40.4 Å². The molecule has 0 spiro atoms. The molecule has 6 nitrogen and oxygen atoms in total. The van der Waals surface area contributed by atoms with E-state index in [1.54, 1.807) is 12.1 Å². The maximum Gasteiger partial charge on any atom is 0.269 e. The Bertz CT molecular complexity index is 738. The van der Waals surface area contributed by atoms with Gasteiger partial charge in [-0.3, -0.25) is 9.59 Å². The Morgan fingerprint density at radius 1 is 1.21 bits per heavy atom. The number of carbonyl (C=O) groups excluding carboxylic acids is 2. The molecule has 0 bridgehead atoms. The molecule has 1 saturated heterocycles. The third-order valence-corrected chi connectivity index (χ3v) is 4.91. The van der Waals surface area contributed by atoms with Crippen molar-refractivity contribution in [2.75, 3.05) is 18.4 Å². The van der Waals surface area contributed by atoms with E-state index in [4.69, 9.17) is 0 Å². The van der Waals surface area contributed by atoms with Crippen molar-refractivity contribution in [2.24, 2.45) is 0 Å². The Morgan fingerprint density at radius 3 is 2.71 bits per heavy atom. The summed E-state index contributed by atoms with van der Waals surface area (Å²) in [7, 11) is 0. The van der Waals surface area contributed by atoms with Gasteiger partial charge >= 0.3 is 0 Å². The summed E-state index contributed by atoms with van der Waals surface area (Å²) >= 11 is 1.08. The van der Waals surface area contributed by atoms with Crippen LogP contribution < -0.4 is 5.32 Å². The van der Waals surface area contributed by atoms with E-state index >= 15 is 0 Å². The molecule has 1 aliphatic rings. The van der Waals surface area contributed by atoms with Crippen LogP contribution in [0.4, 0.5) is 5.69 Å². The van der Waals surface area contributed by atoms with Crippen LogP contribution in [0.3, 0.4) is 0 Å². The third kappa shape index (κ3) is 3.46. The molecule has 7 heteroatoms. The predicted octanol–water partition coefficient (Wildman–Crippen LogP) is 2.98. The van der Waals surface area contributed by atoms with E-state index in [0.717, 1.165) is 37.5 Å². The zero-order valence-electron chi connectivity index (χ0n) is 13.6. The van der Waals surface area contributed by atoms with E-state index in [-0.39, 0.29) is 11.8 Å². The van der Waals surface area contributed by atoms with Crippen LogP contribution in [0.15, 0.2) is 24.3 Å². The van der Waals surface area contributed by atoms with Crippen molar-refractivity contribution in [3.8, 4) is 0 Å². The molecule has 1 aromatic carbocycles. The van der Waals surface area contributed by atoms with Crippen molar-refractivity contribution < 1.29 is 9.59 Å². The van der Waals surface area contributed by atoms with Crippen LogP contribution in [0, 0.1) is 0 Å². The van der Waals surface area contributed by atoms with Crippen molar-refractivity contribution in [3.63, 3.8) is 0 Å². The monoisotopic (exact) mass is 344 g/mol. The molecule has 1 aromatic heterocycles. The van der Waals surface area contributed by atoms with Gasteiger partial charge in [0.05, 0.1) is 16.9 Å². The number of hydrogen-bond donors (Lipinski definition) is 1. The number of amides is 2. The summed E-state index contributed by atoms with van der Waals surface area (Å²) in [5.41, 5.74) is 1.74. The summed E-state index contributed by atoms with van der Waals surface area (Å²) in [6.07, 6.45) is 3.88. The highest BCUT2D eigenvalue weighted by atomic mass is 32.1. The molecule has 24 heavy (non-hydrogen) atoms. The molecule has 2 heterocycles. The average molecular weight is 344 g/mol. The standard InChI is InChI=1S/C17H20N4O2S/c1-2-13-15(24-20-19-13)16(22)18-14-9-5-4-8-12(14)17(23)21-10-6-3-7-11-21/h4-5,8-9H,2-3,6-7,10-11H2,1H3,(H,18,22). The molecule has 2 amide bonds. The number of carbonyl (C=O) groups is 2. The second kappa shape index (κ2) is 7.53. The van der Waals surface area contributed by atoms with E-state index < -0.39 is 0 Å². The van der Waals surface area contributed by atoms with Crippen LogP contribution in [-0.4, -0.2) is 39.4 Å². The van der Waals surface area contributed by atoms with Gasteiger partial charge in [-0.15, -0.1) is 5.10 Å². The largest absolute Gasteiger partial charge is 0.339 e. The molecule has 1 fully saturated rings. The highest BCUT2D eigenvalue weighted by molar-refractivity contribution is 7.08. The van der Waals surface area contributed by atoms with Gasteiger partial charge in [0.2, 0.25) is 0 Å². The average Bonchev–Trinajstić information content (AvgIpc) is 3.11. The molecular weight excluding hydrogens is 324 g/mol. The van der Waals surface area contributed by atoms with Gasteiger partial charge in [-0.1, -0.05) is 23.5 Å². The lowest BCUT2D eigenvalue weighted by Crippen LogP contribution is -2.36.